The molecule has 2 rings (SSSR count). The van der Waals surface area contributed by atoms with E-state index in [2.05, 4.69) is 6.92 Å². The third kappa shape index (κ3) is 2.96. The van der Waals surface area contributed by atoms with Crippen molar-refractivity contribution in [2.75, 3.05) is 0 Å². The molecule has 1 heteroatoms. The first kappa shape index (κ1) is 11.4. The zero-order valence-corrected chi connectivity index (χ0v) is 10.1. The molecular weight excluding hydrogens is 184 g/mol. The van der Waals surface area contributed by atoms with Crippen LogP contribution in [0.5, 0.6) is 0 Å². The summed E-state index contributed by atoms with van der Waals surface area (Å²) in [5.41, 5.74) is 0. The summed E-state index contributed by atoms with van der Waals surface area (Å²) in [6.07, 6.45) is 12.0. The van der Waals surface area contributed by atoms with Gasteiger partial charge in [-0.1, -0.05) is 26.2 Å². The monoisotopic (exact) mass is 210 g/mol. The summed E-state index contributed by atoms with van der Waals surface area (Å²) in [5, 5.41) is 9.51. The van der Waals surface area contributed by atoms with Crippen molar-refractivity contribution in [3.8, 4) is 0 Å². The zero-order valence-electron chi connectivity index (χ0n) is 10.1. The molecule has 1 nitrogen and oxygen atoms in total. The van der Waals surface area contributed by atoms with Crippen molar-refractivity contribution in [2.24, 2.45) is 17.8 Å². The molecule has 0 unspecified atom stereocenters. The summed E-state index contributed by atoms with van der Waals surface area (Å²) < 4.78 is 0. The van der Waals surface area contributed by atoms with Gasteiger partial charge in [0.05, 0.1) is 6.10 Å². The molecule has 2 aliphatic carbocycles. The zero-order chi connectivity index (χ0) is 10.7. The highest BCUT2D eigenvalue weighted by molar-refractivity contribution is 4.81. The van der Waals surface area contributed by atoms with E-state index in [1.54, 1.807) is 0 Å². The summed E-state index contributed by atoms with van der Waals surface area (Å²) >= 11 is 0. The van der Waals surface area contributed by atoms with Crippen molar-refractivity contribution < 1.29 is 5.11 Å². The van der Waals surface area contributed by atoms with Crippen LogP contribution in [0.4, 0.5) is 0 Å². The lowest BCUT2D eigenvalue weighted by Gasteiger charge is -2.36. The highest BCUT2D eigenvalue weighted by Gasteiger charge is 2.29. The molecule has 2 fully saturated rings. The molecule has 0 amide bonds. The number of aliphatic hydroxyl groups is 1. The number of hydrogen-bond donors (Lipinski definition) is 1. The Morgan fingerprint density at radius 3 is 1.73 bits per heavy atom. The molecule has 0 saturated heterocycles. The lowest BCUT2D eigenvalue weighted by Crippen LogP contribution is -2.27. The van der Waals surface area contributed by atoms with Crippen LogP contribution in [0.3, 0.4) is 0 Å². The molecule has 15 heavy (non-hydrogen) atoms. The van der Waals surface area contributed by atoms with Crippen LogP contribution in [0.15, 0.2) is 0 Å². The molecule has 0 aromatic heterocycles. The van der Waals surface area contributed by atoms with Crippen LogP contribution in [0.1, 0.15) is 64.7 Å². The Morgan fingerprint density at radius 2 is 1.27 bits per heavy atom. The Labute approximate surface area is 94.3 Å². The summed E-state index contributed by atoms with van der Waals surface area (Å²) in [5.74, 6) is 2.97. The largest absolute Gasteiger partial charge is 0.393 e. The van der Waals surface area contributed by atoms with Crippen LogP contribution >= 0.6 is 0 Å². The molecule has 0 aliphatic heterocycles. The van der Waals surface area contributed by atoms with Gasteiger partial charge in [-0.3, -0.25) is 0 Å². The third-order valence-corrected chi connectivity index (χ3v) is 4.88. The van der Waals surface area contributed by atoms with Crippen molar-refractivity contribution in [2.45, 2.75) is 70.8 Å². The van der Waals surface area contributed by atoms with E-state index in [0.29, 0.717) is 0 Å². The molecule has 0 aromatic carbocycles. The predicted octanol–water partition coefficient (Wildman–Crippen LogP) is 3.75. The normalized spacial score (nSPS) is 42.8. The van der Waals surface area contributed by atoms with Crippen LogP contribution in [0.25, 0.3) is 0 Å². The number of hydrogen-bond acceptors (Lipinski definition) is 1. The van der Waals surface area contributed by atoms with Crippen molar-refractivity contribution in [3.63, 3.8) is 0 Å². The fourth-order valence-corrected chi connectivity index (χ4v) is 3.64. The van der Waals surface area contributed by atoms with E-state index < -0.39 is 0 Å². The molecule has 88 valence electrons. The van der Waals surface area contributed by atoms with E-state index in [-0.39, 0.29) is 6.10 Å². The quantitative estimate of drug-likeness (QED) is 0.736. The maximum atomic E-state index is 9.51. The van der Waals surface area contributed by atoms with E-state index in [1.165, 1.54) is 44.9 Å². The molecule has 0 bridgehead atoms. The average molecular weight is 210 g/mol. The molecule has 2 saturated carbocycles. The Hall–Kier alpha value is -0.0400. The minimum absolute atomic E-state index is 0.0215. The van der Waals surface area contributed by atoms with Gasteiger partial charge in [0.25, 0.3) is 0 Å². The second-order valence-electron chi connectivity index (χ2n) is 5.76. The number of aliphatic hydroxyl groups excluding tert-OH is 1. The van der Waals surface area contributed by atoms with E-state index in [4.69, 9.17) is 0 Å². The molecule has 0 heterocycles. The average Bonchev–Trinajstić information content (AvgIpc) is 2.30. The Kier molecular flexibility index (Phi) is 4.07. The van der Waals surface area contributed by atoms with Crippen molar-refractivity contribution in [3.05, 3.63) is 0 Å². The van der Waals surface area contributed by atoms with Gasteiger partial charge >= 0.3 is 0 Å². The van der Waals surface area contributed by atoms with Gasteiger partial charge in [-0.15, -0.1) is 0 Å². The lowest BCUT2D eigenvalue weighted by molar-refractivity contribution is 0.0768. The van der Waals surface area contributed by atoms with Crippen molar-refractivity contribution in [1.29, 1.82) is 0 Å². The SMILES string of the molecule is CC[C@H]1CC[C@H]([C@H]2CC[C@H](O)CC2)CC1. The maximum absolute atomic E-state index is 9.51. The molecule has 0 radical (unpaired) electrons. The van der Waals surface area contributed by atoms with Gasteiger partial charge in [-0.05, 0) is 56.3 Å². The smallest absolute Gasteiger partial charge is 0.0540 e. The standard InChI is InChI=1S/C14H26O/c1-2-11-3-5-12(6-4-11)13-7-9-14(15)10-8-13/h11-15H,2-10H2,1H3/t11-,12-,13-,14-. The summed E-state index contributed by atoms with van der Waals surface area (Å²) in [6.45, 7) is 2.34. The lowest BCUT2D eigenvalue weighted by atomic mass is 9.70. The first-order chi connectivity index (χ1) is 7.29. The molecule has 0 aromatic rings. The van der Waals surface area contributed by atoms with Gasteiger partial charge in [-0.2, -0.15) is 0 Å². The van der Waals surface area contributed by atoms with Gasteiger partial charge in [0.15, 0.2) is 0 Å². The Morgan fingerprint density at radius 1 is 0.800 bits per heavy atom. The van der Waals surface area contributed by atoms with Gasteiger partial charge in [0, 0.05) is 0 Å². The van der Waals surface area contributed by atoms with Crippen molar-refractivity contribution >= 4 is 0 Å². The Balaban J connectivity index is 1.75. The van der Waals surface area contributed by atoms with Gasteiger partial charge in [-0.25, -0.2) is 0 Å². The fourth-order valence-electron chi connectivity index (χ4n) is 3.64. The third-order valence-electron chi connectivity index (χ3n) is 4.88. The number of rotatable bonds is 2. The minimum Gasteiger partial charge on any atom is -0.393 e. The van der Waals surface area contributed by atoms with E-state index in [9.17, 15) is 5.11 Å². The first-order valence-corrected chi connectivity index (χ1v) is 6.97. The van der Waals surface area contributed by atoms with Crippen LogP contribution in [0.2, 0.25) is 0 Å². The topological polar surface area (TPSA) is 20.2 Å². The highest BCUT2D eigenvalue weighted by Crippen LogP contribution is 2.40. The summed E-state index contributed by atoms with van der Waals surface area (Å²) in [4.78, 5) is 0. The summed E-state index contributed by atoms with van der Waals surface area (Å²) in [7, 11) is 0. The second-order valence-corrected chi connectivity index (χ2v) is 5.76. The van der Waals surface area contributed by atoms with Gasteiger partial charge < -0.3 is 5.11 Å². The van der Waals surface area contributed by atoms with Gasteiger partial charge in [0.2, 0.25) is 0 Å². The second kappa shape index (κ2) is 5.34. The summed E-state index contributed by atoms with van der Waals surface area (Å²) in [6, 6.07) is 0. The van der Waals surface area contributed by atoms with Crippen LogP contribution in [0, 0.1) is 17.8 Å². The molecule has 0 atom stereocenters. The minimum atomic E-state index is 0.0215. The highest BCUT2D eigenvalue weighted by atomic mass is 16.3. The molecule has 2 aliphatic rings. The molecular formula is C14H26O. The maximum Gasteiger partial charge on any atom is 0.0540 e. The molecule has 0 spiro atoms. The van der Waals surface area contributed by atoms with Gasteiger partial charge in [0.1, 0.15) is 0 Å². The van der Waals surface area contributed by atoms with Crippen molar-refractivity contribution in [1.82, 2.24) is 0 Å². The first-order valence-electron chi connectivity index (χ1n) is 6.97. The van der Waals surface area contributed by atoms with E-state index in [0.717, 1.165) is 30.6 Å². The predicted molar refractivity (Wildman–Crippen MR) is 63.7 cm³/mol. The Bertz CT molecular complexity index is 174. The van der Waals surface area contributed by atoms with Crippen LogP contribution in [-0.4, -0.2) is 11.2 Å². The van der Waals surface area contributed by atoms with Crippen LogP contribution < -0.4 is 0 Å². The van der Waals surface area contributed by atoms with E-state index in [1.807, 2.05) is 0 Å². The fraction of sp³-hybridized carbons (Fsp3) is 1.00. The molecule has 1 N–H and O–H groups in total. The van der Waals surface area contributed by atoms with Crippen LogP contribution in [-0.2, 0) is 0 Å². The van der Waals surface area contributed by atoms with E-state index >= 15 is 0 Å².